The molecule has 1 fully saturated rings. The van der Waals surface area contributed by atoms with Crippen LogP contribution in [0.15, 0.2) is 24.4 Å². The van der Waals surface area contributed by atoms with E-state index in [1.807, 2.05) is 19.1 Å². The van der Waals surface area contributed by atoms with Gasteiger partial charge in [0, 0.05) is 49.9 Å². The quantitative estimate of drug-likeness (QED) is 0.583. The normalized spacial score (nSPS) is 14.3. The van der Waals surface area contributed by atoms with Crippen molar-refractivity contribution in [2.75, 3.05) is 50.1 Å². The van der Waals surface area contributed by atoms with Crippen molar-refractivity contribution in [3.8, 4) is 11.3 Å². The third-order valence-corrected chi connectivity index (χ3v) is 5.00. The van der Waals surface area contributed by atoms with Crippen molar-refractivity contribution in [3.05, 3.63) is 30.1 Å². The highest BCUT2D eigenvalue weighted by Gasteiger charge is 2.20. The smallest absolute Gasteiger partial charge is 0.227 e. The number of nitrogens with zero attached hydrogens (tertiary/aromatic N) is 4. The molecule has 1 saturated heterocycles. The van der Waals surface area contributed by atoms with E-state index in [0.717, 1.165) is 54.0 Å². The molecule has 0 spiro atoms. The Balaban J connectivity index is 1.69. The number of H-pyrrole nitrogens is 1. The Kier molecular flexibility index (Phi) is 5.68. The average molecular weight is 395 g/mol. The van der Waals surface area contributed by atoms with Crippen molar-refractivity contribution in [2.24, 2.45) is 0 Å². The van der Waals surface area contributed by atoms with Gasteiger partial charge in [-0.15, -0.1) is 0 Å². The Bertz CT molecular complexity index is 1010. The van der Waals surface area contributed by atoms with Crippen molar-refractivity contribution in [1.82, 2.24) is 25.5 Å². The molecule has 29 heavy (non-hydrogen) atoms. The lowest BCUT2D eigenvalue weighted by Gasteiger charge is -2.29. The second-order valence-corrected chi connectivity index (χ2v) is 7.04. The first-order valence-corrected chi connectivity index (χ1v) is 9.72. The fraction of sp³-hybridized carbons (Fsp3) is 0.400. The zero-order valence-electron chi connectivity index (χ0n) is 16.7. The van der Waals surface area contributed by atoms with Gasteiger partial charge in [0.25, 0.3) is 0 Å². The van der Waals surface area contributed by atoms with Gasteiger partial charge in [-0.05, 0) is 19.1 Å². The van der Waals surface area contributed by atoms with Crippen molar-refractivity contribution >= 4 is 28.4 Å². The summed E-state index contributed by atoms with van der Waals surface area (Å²) in [6.45, 7) is 5.70. The van der Waals surface area contributed by atoms with E-state index < -0.39 is 0 Å². The van der Waals surface area contributed by atoms with Crippen LogP contribution in [-0.2, 0) is 9.53 Å². The molecule has 9 heteroatoms. The third-order valence-electron chi connectivity index (χ3n) is 5.00. The minimum atomic E-state index is -0.138. The molecule has 0 saturated carbocycles. The summed E-state index contributed by atoms with van der Waals surface area (Å²) in [5.41, 5.74) is 3.65. The van der Waals surface area contributed by atoms with Gasteiger partial charge in [0.15, 0.2) is 11.6 Å². The molecular weight excluding hydrogens is 370 g/mol. The monoisotopic (exact) mass is 395 g/mol. The molecule has 0 bridgehead atoms. The van der Waals surface area contributed by atoms with E-state index in [2.05, 4.69) is 36.8 Å². The molecule has 1 aliphatic rings. The maximum atomic E-state index is 12.2. The Morgan fingerprint density at radius 3 is 2.93 bits per heavy atom. The number of ether oxygens (including phenoxy) is 1. The van der Waals surface area contributed by atoms with Crippen molar-refractivity contribution in [2.45, 2.75) is 13.3 Å². The Labute approximate surface area is 168 Å². The van der Waals surface area contributed by atoms with Crippen LogP contribution in [-0.4, -0.2) is 66.0 Å². The van der Waals surface area contributed by atoms with E-state index in [9.17, 15) is 4.79 Å². The summed E-state index contributed by atoms with van der Waals surface area (Å²) in [6, 6.07) is 6.03. The average Bonchev–Trinajstić information content (AvgIpc) is 3.13. The summed E-state index contributed by atoms with van der Waals surface area (Å²) < 4.78 is 4.99. The van der Waals surface area contributed by atoms with Crippen molar-refractivity contribution in [1.29, 1.82) is 0 Å². The lowest BCUT2D eigenvalue weighted by Crippen LogP contribution is -2.44. The molecule has 9 nitrogen and oxygen atoms in total. The predicted octanol–water partition coefficient (Wildman–Crippen LogP) is 1.71. The summed E-state index contributed by atoms with van der Waals surface area (Å²) >= 11 is 0. The van der Waals surface area contributed by atoms with Crippen LogP contribution in [0.2, 0.25) is 0 Å². The van der Waals surface area contributed by atoms with Crippen LogP contribution in [0.5, 0.6) is 0 Å². The van der Waals surface area contributed by atoms with Crippen LogP contribution in [0, 0.1) is 6.92 Å². The van der Waals surface area contributed by atoms with Crippen LogP contribution in [0.25, 0.3) is 22.2 Å². The molecule has 3 heterocycles. The van der Waals surface area contributed by atoms with Gasteiger partial charge < -0.3 is 20.3 Å². The minimum Gasteiger partial charge on any atom is -0.384 e. The molecule has 3 N–H and O–H groups in total. The fourth-order valence-electron chi connectivity index (χ4n) is 3.39. The van der Waals surface area contributed by atoms with Gasteiger partial charge >= 0.3 is 0 Å². The molecule has 1 aromatic carbocycles. The number of nitrogens with one attached hydrogen (secondary N) is 3. The highest BCUT2D eigenvalue weighted by Crippen LogP contribution is 2.28. The SMILES string of the molecule is COCCC(=O)Nc1ncc(-c2ccc3n[nH]c(C)c3c2)nc1N1CCNCC1. The number of aromatic nitrogens is 4. The highest BCUT2D eigenvalue weighted by atomic mass is 16.5. The molecular formula is C20H25N7O2. The van der Waals surface area contributed by atoms with Gasteiger partial charge in [0.1, 0.15) is 0 Å². The van der Waals surface area contributed by atoms with Crippen LogP contribution in [0.4, 0.5) is 11.6 Å². The molecule has 4 rings (SSSR count). The van der Waals surface area contributed by atoms with E-state index in [1.165, 1.54) is 0 Å². The number of aryl methyl sites for hydroxylation is 1. The highest BCUT2D eigenvalue weighted by molar-refractivity contribution is 5.93. The summed E-state index contributed by atoms with van der Waals surface area (Å²) in [4.78, 5) is 23.8. The van der Waals surface area contributed by atoms with Gasteiger partial charge in [-0.25, -0.2) is 9.97 Å². The zero-order chi connectivity index (χ0) is 20.2. The van der Waals surface area contributed by atoms with Gasteiger partial charge in [0.05, 0.1) is 30.4 Å². The van der Waals surface area contributed by atoms with Gasteiger partial charge in [-0.1, -0.05) is 6.07 Å². The topological polar surface area (TPSA) is 108 Å². The number of rotatable bonds is 6. The van der Waals surface area contributed by atoms with E-state index in [0.29, 0.717) is 18.2 Å². The number of hydrogen-bond acceptors (Lipinski definition) is 7. The molecule has 0 unspecified atom stereocenters. The summed E-state index contributed by atoms with van der Waals surface area (Å²) in [6.07, 6.45) is 1.98. The van der Waals surface area contributed by atoms with E-state index in [4.69, 9.17) is 9.72 Å². The van der Waals surface area contributed by atoms with E-state index in [1.54, 1.807) is 13.3 Å². The summed E-state index contributed by atoms with van der Waals surface area (Å²) in [5, 5.41) is 14.6. The first-order valence-electron chi connectivity index (χ1n) is 9.72. The van der Waals surface area contributed by atoms with Crippen LogP contribution in [0.1, 0.15) is 12.1 Å². The first-order chi connectivity index (χ1) is 14.2. The lowest BCUT2D eigenvalue weighted by molar-refractivity contribution is -0.117. The number of carbonyl (C=O) groups excluding carboxylic acids is 1. The number of hydrogen-bond donors (Lipinski definition) is 3. The van der Waals surface area contributed by atoms with Crippen LogP contribution < -0.4 is 15.5 Å². The fourth-order valence-corrected chi connectivity index (χ4v) is 3.39. The van der Waals surface area contributed by atoms with Gasteiger partial charge in [-0.2, -0.15) is 5.10 Å². The molecule has 152 valence electrons. The number of amides is 1. The van der Waals surface area contributed by atoms with Crippen molar-refractivity contribution in [3.63, 3.8) is 0 Å². The minimum absolute atomic E-state index is 0.138. The van der Waals surface area contributed by atoms with Crippen molar-refractivity contribution < 1.29 is 9.53 Å². The predicted molar refractivity (Wildman–Crippen MR) is 112 cm³/mol. The number of methoxy groups -OCH3 is 1. The summed E-state index contributed by atoms with van der Waals surface area (Å²) in [5.74, 6) is 1.04. The molecule has 0 atom stereocenters. The number of anilines is 2. The van der Waals surface area contributed by atoms with E-state index >= 15 is 0 Å². The molecule has 1 amide bonds. The van der Waals surface area contributed by atoms with E-state index in [-0.39, 0.29) is 12.3 Å². The van der Waals surface area contributed by atoms with Gasteiger partial charge in [0.2, 0.25) is 5.91 Å². The Morgan fingerprint density at radius 1 is 1.31 bits per heavy atom. The molecule has 0 radical (unpaired) electrons. The zero-order valence-corrected chi connectivity index (χ0v) is 16.7. The second-order valence-electron chi connectivity index (χ2n) is 7.04. The Morgan fingerprint density at radius 2 is 2.14 bits per heavy atom. The maximum Gasteiger partial charge on any atom is 0.227 e. The summed E-state index contributed by atoms with van der Waals surface area (Å²) in [7, 11) is 1.58. The molecule has 2 aromatic heterocycles. The molecule has 0 aliphatic carbocycles. The van der Waals surface area contributed by atoms with Crippen LogP contribution >= 0.6 is 0 Å². The number of benzene rings is 1. The second kappa shape index (κ2) is 8.54. The lowest BCUT2D eigenvalue weighted by atomic mass is 10.1. The number of fused-ring (bicyclic) bond motifs is 1. The standard InChI is InChI=1S/C20H25N7O2/c1-13-15-11-14(3-4-16(15)26-25-13)17-12-22-19(24-18(28)5-10-29-2)20(23-17)27-8-6-21-7-9-27/h3-4,11-12,21H,5-10H2,1-2H3,(H,25,26)(H,22,24,28). The third kappa shape index (κ3) is 4.20. The number of piperazine rings is 1. The molecule has 3 aromatic rings. The number of carbonyl (C=O) groups is 1. The van der Waals surface area contributed by atoms with Gasteiger partial charge in [-0.3, -0.25) is 9.89 Å². The first kappa shape index (κ1) is 19.3. The number of aromatic amines is 1. The Hall–Kier alpha value is -3.04. The molecule has 1 aliphatic heterocycles. The van der Waals surface area contributed by atoms with Crippen LogP contribution in [0.3, 0.4) is 0 Å². The maximum absolute atomic E-state index is 12.2. The largest absolute Gasteiger partial charge is 0.384 e.